The number of hydrogen-bond acceptors (Lipinski definition) is 1. The summed E-state index contributed by atoms with van der Waals surface area (Å²) in [5.74, 6) is 0.862. The van der Waals surface area contributed by atoms with Crippen molar-refractivity contribution in [3.63, 3.8) is 0 Å². The fraction of sp³-hybridized carbons (Fsp3) is 0.625. The standard InChI is InChI=1S/C16H21BrClN/c1-15(2)10-6-7-16(3,9-10)14(15)19-13-5-4-11(18)8-12(13)17/h4-5,8,10,14,19H,6-7,9H2,1-3H3/t10-,14?,16+/m0/s1. The Labute approximate surface area is 129 Å². The molecule has 19 heavy (non-hydrogen) atoms. The molecular formula is C16H21BrClN. The van der Waals surface area contributed by atoms with Crippen molar-refractivity contribution in [1.82, 2.24) is 0 Å². The SMILES string of the molecule is CC1(C)C(Nc2ccc(Cl)cc2Br)[C@]2(C)CC[C@H]1C2. The summed E-state index contributed by atoms with van der Waals surface area (Å²) in [6.45, 7) is 7.29. The molecule has 0 aliphatic heterocycles. The van der Waals surface area contributed by atoms with Gasteiger partial charge in [-0.2, -0.15) is 0 Å². The summed E-state index contributed by atoms with van der Waals surface area (Å²) < 4.78 is 1.06. The number of anilines is 1. The van der Waals surface area contributed by atoms with Gasteiger partial charge in [-0.25, -0.2) is 0 Å². The highest BCUT2D eigenvalue weighted by molar-refractivity contribution is 9.10. The van der Waals surface area contributed by atoms with E-state index < -0.39 is 0 Å². The first kappa shape index (κ1) is 13.8. The summed E-state index contributed by atoms with van der Waals surface area (Å²) in [5, 5.41) is 4.57. The van der Waals surface area contributed by atoms with Crippen LogP contribution in [0.3, 0.4) is 0 Å². The molecule has 1 aromatic rings. The largest absolute Gasteiger partial charge is 0.380 e. The average Bonchev–Trinajstić information content (AvgIpc) is 2.78. The van der Waals surface area contributed by atoms with E-state index in [4.69, 9.17) is 11.6 Å². The Kier molecular flexibility index (Phi) is 3.18. The van der Waals surface area contributed by atoms with Crippen LogP contribution in [-0.2, 0) is 0 Å². The van der Waals surface area contributed by atoms with Crippen LogP contribution in [0.15, 0.2) is 22.7 Å². The molecule has 104 valence electrons. The summed E-state index contributed by atoms with van der Waals surface area (Å²) in [4.78, 5) is 0. The molecule has 0 saturated heterocycles. The summed E-state index contributed by atoms with van der Waals surface area (Å²) in [7, 11) is 0. The number of rotatable bonds is 2. The maximum atomic E-state index is 6.02. The van der Waals surface area contributed by atoms with Crippen LogP contribution in [0.1, 0.15) is 40.0 Å². The smallest absolute Gasteiger partial charge is 0.0488 e. The van der Waals surface area contributed by atoms with E-state index in [1.54, 1.807) is 0 Å². The van der Waals surface area contributed by atoms with Gasteiger partial charge in [0.25, 0.3) is 0 Å². The molecular weight excluding hydrogens is 322 g/mol. The zero-order chi connectivity index (χ0) is 13.8. The van der Waals surface area contributed by atoms with Crippen LogP contribution < -0.4 is 5.32 Å². The van der Waals surface area contributed by atoms with Gasteiger partial charge < -0.3 is 5.32 Å². The van der Waals surface area contributed by atoms with Crippen LogP contribution in [0, 0.1) is 16.7 Å². The molecule has 3 atom stereocenters. The van der Waals surface area contributed by atoms with Gasteiger partial charge in [-0.1, -0.05) is 32.4 Å². The number of nitrogens with one attached hydrogen (secondary N) is 1. The first-order valence-corrected chi connectivity index (χ1v) is 8.22. The van der Waals surface area contributed by atoms with Gasteiger partial charge in [0, 0.05) is 21.2 Å². The van der Waals surface area contributed by atoms with Crippen molar-refractivity contribution >= 4 is 33.2 Å². The lowest BCUT2D eigenvalue weighted by Crippen LogP contribution is -2.45. The lowest BCUT2D eigenvalue weighted by Gasteiger charge is -2.43. The molecule has 2 saturated carbocycles. The summed E-state index contributed by atoms with van der Waals surface area (Å²) in [6, 6.07) is 6.54. The minimum atomic E-state index is 0.367. The van der Waals surface area contributed by atoms with Crippen LogP contribution in [0.2, 0.25) is 5.02 Å². The van der Waals surface area contributed by atoms with Gasteiger partial charge in [0.15, 0.2) is 0 Å². The second-order valence-corrected chi connectivity index (χ2v) is 8.41. The molecule has 3 heteroatoms. The van der Waals surface area contributed by atoms with Gasteiger partial charge in [-0.3, -0.25) is 0 Å². The number of fused-ring (bicyclic) bond motifs is 2. The van der Waals surface area contributed by atoms with Crippen LogP contribution in [0.4, 0.5) is 5.69 Å². The molecule has 2 aliphatic carbocycles. The topological polar surface area (TPSA) is 12.0 Å². The Morgan fingerprint density at radius 1 is 1.32 bits per heavy atom. The Morgan fingerprint density at radius 2 is 2.05 bits per heavy atom. The van der Waals surface area contributed by atoms with Crippen molar-refractivity contribution in [3.8, 4) is 0 Å². The second-order valence-electron chi connectivity index (χ2n) is 7.12. The van der Waals surface area contributed by atoms with E-state index in [9.17, 15) is 0 Å². The molecule has 0 radical (unpaired) electrons. The van der Waals surface area contributed by atoms with Crippen molar-refractivity contribution in [2.45, 2.75) is 46.1 Å². The minimum absolute atomic E-state index is 0.367. The molecule has 1 N–H and O–H groups in total. The maximum absolute atomic E-state index is 6.02. The number of halogens is 2. The van der Waals surface area contributed by atoms with Gasteiger partial charge >= 0.3 is 0 Å². The predicted molar refractivity (Wildman–Crippen MR) is 85.8 cm³/mol. The van der Waals surface area contributed by atoms with Crippen LogP contribution in [0.5, 0.6) is 0 Å². The van der Waals surface area contributed by atoms with Crippen molar-refractivity contribution < 1.29 is 0 Å². The summed E-state index contributed by atoms with van der Waals surface area (Å²) >= 11 is 9.64. The highest BCUT2D eigenvalue weighted by atomic mass is 79.9. The van der Waals surface area contributed by atoms with Crippen molar-refractivity contribution in [2.24, 2.45) is 16.7 Å². The summed E-state index contributed by atoms with van der Waals surface area (Å²) in [5.41, 5.74) is 1.97. The van der Waals surface area contributed by atoms with E-state index in [2.05, 4.69) is 48.1 Å². The Balaban J connectivity index is 1.90. The minimum Gasteiger partial charge on any atom is -0.380 e. The zero-order valence-corrected chi connectivity index (χ0v) is 14.1. The molecule has 0 amide bonds. The molecule has 2 bridgehead atoms. The van der Waals surface area contributed by atoms with Crippen LogP contribution >= 0.6 is 27.5 Å². The molecule has 0 aromatic heterocycles. The average molecular weight is 343 g/mol. The van der Waals surface area contributed by atoms with E-state index in [0.717, 1.165) is 21.1 Å². The number of hydrogen-bond donors (Lipinski definition) is 1. The highest BCUT2D eigenvalue weighted by Crippen LogP contribution is 2.63. The van der Waals surface area contributed by atoms with E-state index in [0.29, 0.717) is 16.9 Å². The third kappa shape index (κ3) is 2.12. The summed E-state index contributed by atoms with van der Waals surface area (Å²) in [6.07, 6.45) is 4.11. The van der Waals surface area contributed by atoms with Crippen molar-refractivity contribution in [2.75, 3.05) is 5.32 Å². The van der Waals surface area contributed by atoms with Gasteiger partial charge in [-0.15, -0.1) is 0 Å². The Bertz CT molecular complexity index is 509. The highest BCUT2D eigenvalue weighted by Gasteiger charge is 2.59. The monoisotopic (exact) mass is 341 g/mol. The van der Waals surface area contributed by atoms with Gasteiger partial charge in [0.1, 0.15) is 0 Å². The first-order valence-electron chi connectivity index (χ1n) is 7.04. The van der Waals surface area contributed by atoms with Crippen LogP contribution in [0.25, 0.3) is 0 Å². The van der Waals surface area contributed by atoms with Crippen molar-refractivity contribution in [3.05, 3.63) is 27.7 Å². The fourth-order valence-electron chi connectivity index (χ4n) is 4.42. The second kappa shape index (κ2) is 4.39. The Morgan fingerprint density at radius 3 is 2.63 bits per heavy atom. The molecule has 0 spiro atoms. The lowest BCUT2D eigenvalue weighted by atomic mass is 9.68. The third-order valence-corrected chi connectivity index (χ3v) is 6.39. The molecule has 3 rings (SSSR count). The molecule has 2 fully saturated rings. The van der Waals surface area contributed by atoms with E-state index in [1.807, 2.05) is 12.1 Å². The first-order chi connectivity index (χ1) is 8.83. The normalized spacial score (nSPS) is 35.6. The zero-order valence-electron chi connectivity index (χ0n) is 11.8. The fourth-order valence-corrected chi connectivity index (χ4v) is 5.22. The van der Waals surface area contributed by atoms with Gasteiger partial charge in [0.2, 0.25) is 0 Å². The molecule has 1 aromatic carbocycles. The van der Waals surface area contributed by atoms with Crippen molar-refractivity contribution in [1.29, 1.82) is 0 Å². The molecule has 0 heterocycles. The maximum Gasteiger partial charge on any atom is 0.0488 e. The van der Waals surface area contributed by atoms with E-state index in [1.165, 1.54) is 19.3 Å². The van der Waals surface area contributed by atoms with Crippen LogP contribution in [-0.4, -0.2) is 6.04 Å². The van der Waals surface area contributed by atoms with Gasteiger partial charge in [-0.05, 0) is 70.1 Å². The third-order valence-electron chi connectivity index (χ3n) is 5.50. The molecule has 1 unspecified atom stereocenters. The molecule has 1 nitrogen and oxygen atoms in total. The van der Waals surface area contributed by atoms with E-state index >= 15 is 0 Å². The Hall–Kier alpha value is -0.210. The molecule has 2 aliphatic rings. The number of benzene rings is 1. The van der Waals surface area contributed by atoms with Gasteiger partial charge in [0.05, 0.1) is 0 Å². The predicted octanol–water partition coefficient (Wildman–Crippen LogP) is 5.73. The van der Waals surface area contributed by atoms with E-state index in [-0.39, 0.29) is 0 Å². The lowest BCUT2D eigenvalue weighted by molar-refractivity contribution is 0.155. The quantitative estimate of drug-likeness (QED) is 0.723.